The maximum atomic E-state index is 6.09. The van der Waals surface area contributed by atoms with Gasteiger partial charge in [0.1, 0.15) is 6.33 Å². The fourth-order valence-corrected chi connectivity index (χ4v) is 1.56. The molecule has 2 aromatic rings. The first-order chi connectivity index (χ1) is 7.81. The third-order valence-electron chi connectivity index (χ3n) is 2.40. The van der Waals surface area contributed by atoms with Crippen LogP contribution < -0.4 is 5.73 Å². The average Bonchev–Trinajstić information content (AvgIpc) is 2.78. The largest absolute Gasteiger partial charge is 0.320 e. The zero-order valence-electron chi connectivity index (χ0n) is 9.24. The highest BCUT2D eigenvalue weighted by molar-refractivity contribution is 5.23. The van der Waals surface area contributed by atoms with Gasteiger partial charge in [0.05, 0.1) is 12.2 Å². The van der Waals surface area contributed by atoms with Crippen LogP contribution in [0.25, 0.3) is 0 Å². The summed E-state index contributed by atoms with van der Waals surface area (Å²) in [6.45, 7) is 3.03. The van der Waals surface area contributed by atoms with Gasteiger partial charge in [-0.15, -0.1) is 0 Å². The standard InChI is InChI=1S/C11H15N5/c1-2-3-16-7-10(6-15-16)11(12)9-4-13-8-14-5-9/h4-8,11H,2-3,12H2,1H3. The van der Waals surface area contributed by atoms with Crippen LogP contribution >= 0.6 is 0 Å². The summed E-state index contributed by atoms with van der Waals surface area (Å²) in [6, 6.07) is -0.202. The molecule has 16 heavy (non-hydrogen) atoms. The van der Waals surface area contributed by atoms with Gasteiger partial charge in [-0.1, -0.05) is 6.92 Å². The van der Waals surface area contributed by atoms with E-state index in [0.717, 1.165) is 24.1 Å². The molecule has 5 nitrogen and oxygen atoms in total. The zero-order valence-corrected chi connectivity index (χ0v) is 9.24. The molecular formula is C11H15N5. The molecular weight excluding hydrogens is 202 g/mol. The first-order valence-corrected chi connectivity index (χ1v) is 5.34. The molecule has 0 saturated heterocycles. The summed E-state index contributed by atoms with van der Waals surface area (Å²) in [5.74, 6) is 0. The number of aryl methyl sites for hydroxylation is 1. The van der Waals surface area contributed by atoms with Crippen LogP contribution in [0.4, 0.5) is 0 Å². The lowest BCUT2D eigenvalue weighted by Crippen LogP contribution is -2.11. The van der Waals surface area contributed by atoms with Crippen molar-refractivity contribution in [2.45, 2.75) is 25.9 Å². The van der Waals surface area contributed by atoms with Crippen molar-refractivity contribution in [3.63, 3.8) is 0 Å². The van der Waals surface area contributed by atoms with E-state index < -0.39 is 0 Å². The SMILES string of the molecule is CCCn1cc(C(N)c2cncnc2)cn1. The Kier molecular flexibility index (Phi) is 3.26. The van der Waals surface area contributed by atoms with E-state index in [0.29, 0.717) is 0 Å². The summed E-state index contributed by atoms with van der Waals surface area (Å²) in [5.41, 5.74) is 7.98. The summed E-state index contributed by atoms with van der Waals surface area (Å²) < 4.78 is 1.90. The lowest BCUT2D eigenvalue weighted by atomic mass is 10.1. The zero-order chi connectivity index (χ0) is 11.4. The lowest BCUT2D eigenvalue weighted by Gasteiger charge is -2.07. The number of hydrogen-bond donors (Lipinski definition) is 1. The van der Waals surface area contributed by atoms with Crippen molar-refractivity contribution in [1.82, 2.24) is 19.7 Å². The minimum Gasteiger partial charge on any atom is -0.320 e. The first-order valence-electron chi connectivity index (χ1n) is 5.34. The number of nitrogens with zero attached hydrogens (tertiary/aromatic N) is 4. The maximum absolute atomic E-state index is 6.09. The van der Waals surface area contributed by atoms with Crippen LogP contribution in [0.3, 0.4) is 0 Å². The smallest absolute Gasteiger partial charge is 0.115 e. The Morgan fingerprint density at radius 3 is 2.69 bits per heavy atom. The molecule has 1 atom stereocenters. The monoisotopic (exact) mass is 217 g/mol. The Morgan fingerprint density at radius 2 is 2.00 bits per heavy atom. The summed E-state index contributed by atoms with van der Waals surface area (Å²) in [5, 5.41) is 4.25. The molecule has 0 aliphatic heterocycles. The molecule has 0 amide bonds. The molecule has 0 aliphatic rings. The van der Waals surface area contributed by atoms with Crippen molar-refractivity contribution in [3.8, 4) is 0 Å². The molecule has 0 bridgehead atoms. The fraction of sp³-hybridized carbons (Fsp3) is 0.364. The number of aromatic nitrogens is 4. The van der Waals surface area contributed by atoms with Crippen LogP contribution in [-0.4, -0.2) is 19.7 Å². The molecule has 0 spiro atoms. The number of nitrogens with two attached hydrogens (primary N) is 1. The second-order valence-electron chi connectivity index (χ2n) is 3.69. The van der Waals surface area contributed by atoms with E-state index in [1.54, 1.807) is 18.6 Å². The third kappa shape index (κ3) is 2.25. The molecule has 0 radical (unpaired) electrons. The van der Waals surface area contributed by atoms with Gasteiger partial charge in [0.2, 0.25) is 0 Å². The van der Waals surface area contributed by atoms with Crippen LogP contribution in [-0.2, 0) is 6.54 Å². The van der Waals surface area contributed by atoms with E-state index in [4.69, 9.17) is 5.73 Å². The van der Waals surface area contributed by atoms with Crippen molar-refractivity contribution < 1.29 is 0 Å². The number of hydrogen-bond acceptors (Lipinski definition) is 4. The van der Waals surface area contributed by atoms with Gasteiger partial charge in [0.15, 0.2) is 0 Å². The highest BCUT2D eigenvalue weighted by Gasteiger charge is 2.11. The van der Waals surface area contributed by atoms with Gasteiger partial charge in [-0.3, -0.25) is 4.68 Å². The summed E-state index contributed by atoms with van der Waals surface area (Å²) in [4.78, 5) is 7.91. The fourth-order valence-electron chi connectivity index (χ4n) is 1.56. The van der Waals surface area contributed by atoms with Gasteiger partial charge in [-0.05, 0) is 6.42 Å². The van der Waals surface area contributed by atoms with Gasteiger partial charge in [-0.2, -0.15) is 5.10 Å². The van der Waals surface area contributed by atoms with Gasteiger partial charge >= 0.3 is 0 Å². The Labute approximate surface area is 94.3 Å². The molecule has 0 aliphatic carbocycles. The van der Waals surface area contributed by atoms with E-state index in [1.165, 1.54) is 6.33 Å². The minimum atomic E-state index is -0.202. The van der Waals surface area contributed by atoms with E-state index in [-0.39, 0.29) is 6.04 Å². The summed E-state index contributed by atoms with van der Waals surface area (Å²) >= 11 is 0. The van der Waals surface area contributed by atoms with Crippen molar-refractivity contribution in [3.05, 3.63) is 42.2 Å². The molecule has 2 N–H and O–H groups in total. The summed E-state index contributed by atoms with van der Waals surface area (Å²) in [6.07, 6.45) is 9.79. The van der Waals surface area contributed by atoms with E-state index in [1.807, 2.05) is 10.9 Å². The molecule has 1 unspecified atom stereocenters. The highest BCUT2D eigenvalue weighted by Crippen LogP contribution is 2.16. The summed E-state index contributed by atoms with van der Waals surface area (Å²) in [7, 11) is 0. The van der Waals surface area contributed by atoms with Crippen molar-refractivity contribution in [1.29, 1.82) is 0 Å². The molecule has 2 heterocycles. The van der Waals surface area contributed by atoms with Crippen LogP contribution in [0.2, 0.25) is 0 Å². The predicted octanol–water partition coefficient (Wildman–Crippen LogP) is 1.13. The van der Waals surface area contributed by atoms with Crippen molar-refractivity contribution >= 4 is 0 Å². The van der Waals surface area contributed by atoms with Gasteiger partial charge in [0.25, 0.3) is 0 Å². The van der Waals surface area contributed by atoms with E-state index in [9.17, 15) is 0 Å². The Balaban J connectivity index is 2.17. The van der Waals surface area contributed by atoms with Gasteiger partial charge < -0.3 is 5.73 Å². The molecule has 0 saturated carbocycles. The molecule has 0 aromatic carbocycles. The highest BCUT2D eigenvalue weighted by atomic mass is 15.3. The van der Waals surface area contributed by atoms with Crippen molar-refractivity contribution in [2.75, 3.05) is 0 Å². The first kappa shape index (κ1) is 10.8. The molecule has 0 fully saturated rings. The second kappa shape index (κ2) is 4.85. The van der Waals surface area contributed by atoms with Crippen LogP contribution in [0, 0.1) is 0 Å². The maximum Gasteiger partial charge on any atom is 0.115 e. The van der Waals surface area contributed by atoms with Crippen LogP contribution in [0.15, 0.2) is 31.1 Å². The van der Waals surface area contributed by atoms with Crippen LogP contribution in [0.1, 0.15) is 30.5 Å². The van der Waals surface area contributed by atoms with Gasteiger partial charge in [-0.25, -0.2) is 9.97 Å². The molecule has 2 aromatic heterocycles. The Bertz CT molecular complexity index is 437. The predicted molar refractivity (Wildman–Crippen MR) is 60.6 cm³/mol. The third-order valence-corrected chi connectivity index (χ3v) is 2.40. The average molecular weight is 217 g/mol. The molecule has 5 heteroatoms. The van der Waals surface area contributed by atoms with Crippen LogP contribution in [0.5, 0.6) is 0 Å². The molecule has 84 valence electrons. The second-order valence-corrected chi connectivity index (χ2v) is 3.69. The lowest BCUT2D eigenvalue weighted by molar-refractivity contribution is 0.602. The Morgan fingerprint density at radius 1 is 1.25 bits per heavy atom. The van der Waals surface area contributed by atoms with Gasteiger partial charge in [0, 0.05) is 36.3 Å². The minimum absolute atomic E-state index is 0.202. The quantitative estimate of drug-likeness (QED) is 0.833. The number of rotatable bonds is 4. The Hall–Kier alpha value is -1.75. The van der Waals surface area contributed by atoms with E-state index >= 15 is 0 Å². The topological polar surface area (TPSA) is 69.6 Å². The van der Waals surface area contributed by atoms with E-state index in [2.05, 4.69) is 22.0 Å². The molecule has 2 rings (SSSR count). The normalized spacial score (nSPS) is 12.6. The van der Waals surface area contributed by atoms with Crippen molar-refractivity contribution in [2.24, 2.45) is 5.73 Å².